The standard InChI is InChI=1S/C11H10ClN.C8H6ClN.C3H6Br2/c12-10-4-1-3-9(7-10)11(8-13)5-2-6-11;9-8-3-1-2-7(6-8)4-5-10;4-2-1-3-5/h1,3-4,7H,2,5-6H2;1-3,6H,4H2;1-3H2. The third kappa shape index (κ3) is 8.54. The van der Waals surface area contributed by atoms with Crippen molar-refractivity contribution in [1.82, 2.24) is 0 Å². The van der Waals surface area contributed by atoms with E-state index in [0.29, 0.717) is 11.4 Å². The van der Waals surface area contributed by atoms with Crippen LogP contribution in [0.1, 0.15) is 36.8 Å². The monoisotopic (exact) mass is 542 g/mol. The second-order valence-corrected chi connectivity index (χ2v) is 8.71. The fourth-order valence-electron chi connectivity index (χ4n) is 2.57. The highest BCUT2D eigenvalue weighted by Gasteiger charge is 2.38. The van der Waals surface area contributed by atoms with Crippen LogP contribution in [0.25, 0.3) is 0 Å². The molecule has 0 N–H and O–H groups in total. The van der Waals surface area contributed by atoms with Gasteiger partial charge < -0.3 is 0 Å². The number of alkyl halides is 2. The molecule has 28 heavy (non-hydrogen) atoms. The van der Waals surface area contributed by atoms with E-state index in [1.807, 2.05) is 36.4 Å². The van der Waals surface area contributed by atoms with Crippen LogP contribution in [0, 0.1) is 22.7 Å². The van der Waals surface area contributed by atoms with Crippen LogP contribution in [0.15, 0.2) is 48.5 Å². The molecular formula is C22H22Br2Cl2N2. The van der Waals surface area contributed by atoms with Crippen molar-refractivity contribution in [2.75, 3.05) is 10.7 Å². The summed E-state index contributed by atoms with van der Waals surface area (Å²) in [6, 6.07) is 19.4. The van der Waals surface area contributed by atoms with Crippen molar-refractivity contribution in [3.63, 3.8) is 0 Å². The Morgan fingerprint density at radius 3 is 1.93 bits per heavy atom. The molecule has 3 rings (SSSR count). The molecule has 2 nitrogen and oxygen atoms in total. The molecule has 1 saturated carbocycles. The van der Waals surface area contributed by atoms with Gasteiger partial charge in [-0.15, -0.1) is 0 Å². The lowest BCUT2D eigenvalue weighted by Crippen LogP contribution is -2.32. The molecule has 0 aliphatic heterocycles. The molecule has 1 aliphatic rings. The van der Waals surface area contributed by atoms with E-state index in [1.165, 1.54) is 6.42 Å². The van der Waals surface area contributed by atoms with Gasteiger partial charge in [-0.1, -0.05) is 79.3 Å². The van der Waals surface area contributed by atoms with Crippen molar-refractivity contribution in [1.29, 1.82) is 10.5 Å². The van der Waals surface area contributed by atoms with E-state index in [0.717, 1.165) is 46.1 Å². The van der Waals surface area contributed by atoms with Crippen molar-refractivity contribution in [3.8, 4) is 12.1 Å². The number of benzene rings is 2. The van der Waals surface area contributed by atoms with Crippen LogP contribution in [0.2, 0.25) is 10.0 Å². The fraction of sp³-hybridized carbons (Fsp3) is 0.364. The summed E-state index contributed by atoms with van der Waals surface area (Å²) in [6.07, 6.45) is 4.76. The SMILES string of the molecule is BrCCCBr.N#CC1(c2cccc(Cl)c2)CCC1.N#CCc1cccc(Cl)c1. The maximum Gasteiger partial charge on any atom is 0.0823 e. The lowest BCUT2D eigenvalue weighted by molar-refractivity contribution is 0.324. The second kappa shape index (κ2) is 14.0. The first-order chi connectivity index (χ1) is 13.5. The summed E-state index contributed by atoms with van der Waals surface area (Å²) in [7, 11) is 0. The van der Waals surface area contributed by atoms with E-state index < -0.39 is 0 Å². The van der Waals surface area contributed by atoms with Gasteiger partial charge in [-0.25, -0.2) is 0 Å². The minimum absolute atomic E-state index is 0.231. The first-order valence-electron chi connectivity index (χ1n) is 8.92. The maximum atomic E-state index is 9.09. The van der Waals surface area contributed by atoms with Gasteiger partial charge in [0.25, 0.3) is 0 Å². The molecular weight excluding hydrogens is 523 g/mol. The van der Waals surface area contributed by atoms with Crippen LogP contribution >= 0.6 is 55.1 Å². The molecule has 0 bridgehead atoms. The maximum absolute atomic E-state index is 9.09. The minimum Gasteiger partial charge on any atom is -0.198 e. The lowest BCUT2D eigenvalue weighted by atomic mass is 9.66. The average molecular weight is 545 g/mol. The Hall–Kier alpha value is -1.04. The van der Waals surface area contributed by atoms with E-state index in [9.17, 15) is 0 Å². The zero-order chi connectivity index (χ0) is 20.8. The molecule has 1 aliphatic carbocycles. The molecule has 1 fully saturated rings. The van der Waals surface area contributed by atoms with E-state index >= 15 is 0 Å². The molecule has 2 aromatic carbocycles. The summed E-state index contributed by atoms with van der Waals surface area (Å²) in [6.45, 7) is 0. The third-order valence-electron chi connectivity index (χ3n) is 4.24. The summed E-state index contributed by atoms with van der Waals surface area (Å²) >= 11 is 18.1. The Morgan fingerprint density at radius 1 is 0.929 bits per heavy atom. The van der Waals surface area contributed by atoms with Gasteiger partial charge >= 0.3 is 0 Å². The lowest BCUT2D eigenvalue weighted by Gasteiger charge is -2.35. The van der Waals surface area contributed by atoms with Crippen molar-refractivity contribution < 1.29 is 0 Å². The molecule has 0 heterocycles. The summed E-state index contributed by atoms with van der Waals surface area (Å²) in [5, 5.41) is 21.0. The molecule has 148 valence electrons. The number of hydrogen-bond acceptors (Lipinski definition) is 2. The minimum atomic E-state index is -0.231. The van der Waals surface area contributed by atoms with Crippen molar-refractivity contribution in [2.45, 2.75) is 37.5 Å². The van der Waals surface area contributed by atoms with Crippen LogP contribution in [0.4, 0.5) is 0 Å². The summed E-state index contributed by atoms with van der Waals surface area (Å²) in [5.74, 6) is 0. The van der Waals surface area contributed by atoms with E-state index in [-0.39, 0.29) is 5.41 Å². The number of nitrogens with zero attached hydrogens (tertiary/aromatic N) is 2. The molecule has 0 saturated heterocycles. The summed E-state index contributed by atoms with van der Waals surface area (Å²) in [5.41, 5.74) is 1.81. The van der Waals surface area contributed by atoms with Gasteiger partial charge in [-0.05, 0) is 61.1 Å². The van der Waals surface area contributed by atoms with Gasteiger partial charge in [0.1, 0.15) is 0 Å². The van der Waals surface area contributed by atoms with Gasteiger partial charge in [-0.3, -0.25) is 0 Å². The Morgan fingerprint density at radius 2 is 1.54 bits per heavy atom. The Bertz CT molecular complexity index is 807. The number of nitriles is 2. The molecule has 0 atom stereocenters. The van der Waals surface area contributed by atoms with Crippen LogP contribution in [0.3, 0.4) is 0 Å². The van der Waals surface area contributed by atoms with Crippen molar-refractivity contribution in [2.24, 2.45) is 0 Å². The smallest absolute Gasteiger partial charge is 0.0823 e. The molecule has 0 unspecified atom stereocenters. The first kappa shape index (κ1) is 25.0. The number of rotatable bonds is 4. The Labute approximate surface area is 194 Å². The summed E-state index contributed by atoms with van der Waals surface area (Å²) < 4.78 is 0. The summed E-state index contributed by atoms with van der Waals surface area (Å²) in [4.78, 5) is 0. The van der Waals surface area contributed by atoms with Gasteiger partial charge in [-0.2, -0.15) is 10.5 Å². The zero-order valence-corrected chi connectivity index (χ0v) is 20.2. The molecule has 0 radical (unpaired) electrons. The second-order valence-electron chi connectivity index (χ2n) is 6.25. The number of halogens is 4. The zero-order valence-electron chi connectivity index (χ0n) is 15.5. The quantitative estimate of drug-likeness (QED) is 0.368. The predicted octanol–water partition coefficient (Wildman–Crippen LogP) is 7.86. The van der Waals surface area contributed by atoms with Crippen LogP contribution in [0.5, 0.6) is 0 Å². The number of hydrogen-bond donors (Lipinski definition) is 0. The van der Waals surface area contributed by atoms with E-state index in [1.54, 1.807) is 12.1 Å². The van der Waals surface area contributed by atoms with Crippen LogP contribution < -0.4 is 0 Å². The van der Waals surface area contributed by atoms with E-state index in [2.05, 4.69) is 44.0 Å². The first-order valence-corrected chi connectivity index (χ1v) is 11.9. The molecule has 0 aromatic heterocycles. The largest absolute Gasteiger partial charge is 0.198 e. The normalized spacial score (nSPS) is 13.4. The molecule has 0 spiro atoms. The Balaban J connectivity index is 0.000000233. The van der Waals surface area contributed by atoms with Gasteiger partial charge in [0.2, 0.25) is 0 Å². The van der Waals surface area contributed by atoms with Gasteiger partial charge in [0, 0.05) is 20.7 Å². The highest BCUT2D eigenvalue weighted by molar-refractivity contribution is 9.09. The highest BCUT2D eigenvalue weighted by Crippen LogP contribution is 2.43. The average Bonchev–Trinajstić information content (AvgIpc) is 2.64. The van der Waals surface area contributed by atoms with Crippen LogP contribution in [-0.4, -0.2) is 10.7 Å². The molecule has 6 heteroatoms. The van der Waals surface area contributed by atoms with Crippen molar-refractivity contribution in [3.05, 3.63) is 69.7 Å². The van der Waals surface area contributed by atoms with Gasteiger partial charge in [0.15, 0.2) is 0 Å². The predicted molar refractivity (Wildman–Crippen MR) is 126 cm³/mol. The van der Waals surface area contributed by atoms with E-state index in [4.69, 9.17) is 33.7 Å². The highest BCUT2D eigenvalue weighted by atomic mass is 79.9. The fourth-order valence-corrected chi connectivity index (χ4v) is 4.29. The van der Waals surface area contributed by atoms with Crippen molar-refractivity contribution >= 4 is 55.1 Å². The molecule has 2 aromatic rings. The molecule has 0 amide bonds. The third-order valence-corrected chi connectivity index (χ3v) is 5.83. The Kier molecular flexibility index (Phi) is 12.5. The van der Waals surface area contributed by atoms with Gasteiger partial charge in [0.05, 0.1) is 24.0 Å². The topological polar surface area (TPSA) is 47.6 Å². The van der Waals surface area contributed by atoms with Crippen LogP contribution in [-0.2, 0) is 11.8 Å².